The molecule has 0 aliphatic heterocycles. The Bertz CT molecular complexity index is 540. The maximum atomic E-state index is 12.7. The van der Waals surface area contributed by atoms with E-state index >= 15 is 0 Å². The van der Waals surface area contributed by atoms with Crippen molar-refractivity contribution in [1.29, 1.82) is 0 Å². The van der Waals surface area contributed by atoms with Crippen molar-refractivity contribution in [2.75, 3.05) is 25.6 Å². The molecule has 7 heteroatoms. The van der Waals surface area contributed by atoms with Gasteiger partial charge in [0, 0.05) is 35.1 Å². The second-order valence-electron chi connectivity index (χ2n) is 5.14. The standard InChI is InChI=1S/C14H26N2O2S3/c1-6-7-15-9-13-8-14(12(3)20-13)21(17,18)16(4)11(2)10-19-5/h8,11,15H,6-7,9-10H2,1-5H3. The fraction of sp³-hybridized carbons (Fsp3) is 0.714. The Kier molecular flexibility index (Phi) is 7.70. The molecule has 0 spiro atoms. The summed E-state index contributed by atoms with van der Waals surface area (Å²) in [6.07, 6.45) is 3.06. The third kappa shape index (κ3) is 4.96. The smallest absolute Gasteiger partial charge is 0.244 e. The fourth-order valence-electron chi connectivity index (χ4n) is 1.99. The number of thiophene rings is 1. The lowest BCUT2D eigenvalue weighted by Crippen LogP contribution is -2.36. The minimum absolute atomic E-state index is 0.00836. The average molecular weight is 351 g/mol. The molecular formula is C14H26N2O2S3. The van der Waals surface area contributed by atoms with E-state index in [4.69, 9.17) is 0 Å². The second kappa shape index (κ2) is 8.53. The normalized spacial score (nSPS) is 13.8. The summed E-state index contributed by atoms with van der Waals surface area (Å²) in [6.45, 7) is 7.63. The SMILES string of the molecule is CCCNCc1cc(S(=O)(=O)N(C)C(C)CSC)c(C)s1. The molecule has 0 fully saturated rings. The fourth-order valence-corrected chi connectivity index (χ4v) is 5.73. The zero-order valence-corrected chi connectivity index (χ0v) is 15.9. The van der Waals surface area contributed by atoms with Crippen LogP contribution in [0.4, 0.5) is 0 Å². The molecule has 1 aromatic heterocycles. The van der Waals surface area contributed by atoms with Crippen molar-refractivity contribution in [1.82, 2.24) is 9.62 Å². The van der Waals surface area contributed by atoms with Gasteiger partial charge < -0.3 is 5.32 Å². The molecular weight excluding hydrogens is 324 g/mol. The van der Waals surface area contributed by atoms with E-state index in [0.29, 0.717) is 4.90 Å². The van der Waals surface area contributed by atoms with Gasteiger partial charge in [-0.3, -0.25) is 0 Å². The molecule has 1 atom stereocenters. The third-order valence-corrected chi connectivity index (χ3v) is 7.43. The molecule has 122 valence electrons. The Balaban J connectivity index is 2.92. The maximum Gasteiger partial charge on any atom is 0.244 e. The van der Waals surface area contributed by atoms with Crippen LogP contribution in [0.25, 0.3) is 0 Å². The molecule has 4 nitrogen and oxygen atoms in total. The lowest BCUT2D eigenvalue weighted by molar-refractivity contribution is 0.415. The van der Waals surface area contributed by atoms with Crippen LogP contribution in [0.2, 0.25) is 0 Å². The molecule has 1 aromatic rings. The van der Waals surface area contributed by atoms with Crippen LogP contribution < -0.4 is 5.32 Å². The number of thioether (sulfide) groups is 1. The predicted octanol–water partition coefficient (Wildman–Crippen LogP) is 2.93. The van der Waals surface area contributed by atoms with Crippen LogP contribution in [0.15, 0.2) is 11.0 Å². The number of rotatable bonds is 9. The summed E-state index contributed by atoms with van der Waals surface area (Å²) >= 11 is 3.22. The lowest BCUT2D eigenvalue weighted by Gasteiger charge is -2.23. The highest BCUT2D eigenvalue weighted by atomic mass is 32.2. The molecule has 0 saturated carbocycles. The van der Waals surface area contributed by atoms with Crippen molar-refractivity contribution in [3.05, 3.63) is 15.8 Å². The van der Waals surface area contributed by atoms with Gasteiger partial charge in [-0.2, -0.15) is 16.1 Å². The Morgan fingerprint density at radius 3 is 2.71 bits per heavy atom. The van der Waals surface area contributed by atoms with Crippen molar-refractivity contribution in [2.24, 2.45) is 0 Å². The predicted molar refractivity (Wildman–Crippen MR) is 93.8 cm³/mol. The molecule has 0 saturated heterocycles. The van der Waals surface area contributed by atoms with Gasteiger partial charge in [-0.25, -0.2) is 8.42 Å². The van der Waals surface area contributed by atoms with E-state index in [1.54, 1.807) is 30.1 Å². The molecule has 1 rings (SSSR count). The first-order valence-corrected chi connectivity index (χ1v) is 10.8. The number of nitrogens with one attached hydrogen (secondary N) is 1. The van der Waals surface area contributed by atoms with Crippen molar-refractivity contribution in [3.63, 3.8) is 0 Å². The van der Waals surface area contributed by atoms with E-state index in [0.717, 1.165) is 35.0 Å². The number of hydrogen-bond donors (Lipinski definition) is 1. The Morgan fingerprint density at radius 1 is 1.48 bits per heavy atom. The molecule has 0 amide bonds. The van der Waals surface area contributed by atoms with Gasteiger partial charge in [0.25, 0.3) is 0 Å². The zero-order chi connectivity index (χ0) is 16.0. The van der Waals surface area contributed by atoms with Crippen LogP contribution in [0, 0.1) is 6.92 Å². The third-order valence-electron chi connectivity index (χ3n) is 3.33. The number of hydrogen-bond acceptors (Lipinski definition) is 5. The summed E-state index contributed by atoms with van der Waals surface area (Å²) in [4.78, 5) is 2.40. The molecule has 0 bridgehead atoms. The van der Waals surface area contributed by atoms with Crippen LogP contribution in [0.1, 0.15) is 30.0 Å². The van der Waals surface area contributed by atoms with E-state index in [9.17, 15) is 8.42 Å². The van der Waals surface area contributed by atoms with E-state index in [1.807, 2.05) is 26.2 Å². The number of sulfonamides is 1. The van der Waals surface area contributed by atoms with Gasteiger partial charge in [0.15, 0.2) is 0 Å². The highest BCUT2D eigenvalue weighted by Crippen LogP contribution is 2.28. The summed E-state index contributed by atoms with van der Waals surface area (Å²) in [5.41, 5.74) is 0. The number of aryl methyl sites for hydroxylation is 1. The van der Waals surface area contributed by atoms with E-state index < -0.39 is 10.0 Å². The average Bonchev–Trinajstić information content (AvgIpc) is 2.80. The molecule has 21 heavy (non-hydrogen) atoms. The van der Waals surface area contributed by atoms with Crippen molar-refractivity contribution >= 4 is 33.1 Å². The molecule has 0 aromatic carbocycles. The molecule has 0 aliphatic carbocycles. The minimum Gasteiger partial charge on any atom is -0.312 e. The van der Waals surface area contributed by atoms with Crippen LogP contribution in [-0.4, -0.2) is 44.4 Å². The molecule has 1 N–H and O–H groups in total. The first kappa shape index (κ1) is 19.0. The highest BCUT2D eigenvalue weighted by molar-refractivity contribution is 7.98. The van der Waals surface area contributed by atoms with E-state index in [-0.39, 0.29) is 6.04 Å². The first-order chi connectivity index (χ1) is 9.84. The van der Waals surface area contributed by atoms with Gasteiger partial charge in [0.05, 0.1) is 4.90 Å². The van der Waals surface area contributed by atoms with Gasteiger partial charge in [0.2, 0.25) is 10.0 Å². The molecule has 1 unspecified atom stereocenters. The van der Waals surface area contributed by atoms with Crippen molar-refractivity contribution in [3.8, 4) is 0 Å². The van der Waals surface area contributed by atoms with Crippen molar-refractivity contribution in [2.45, 2.75) is 44.7 Å². The largest absolute Gasteiger partial charge is 0.312 e. The summed E-state index contributed by atoms with van der Waals surface area (Å²) in [7, 11) is -1.73. The Hall–Kier alpha value is -0.0800. The van der Waals surface area contributed by atoms with Crippen molar-refractivity contribution < 1.29 is 8.42 Å². The van der Waals surface area contributed by atoms with Crippen LogP contribution >= 0.6 is 23.1 Å². The van der Waals surface area contributed by atoms with E-state index in [1.165, 1.54) is 4.31 Å². The second-order valence-corrected chi connectivity index (χ2v) is 9.35. The van der Waals surface area contributed by atoms with Gasteiger partial charge in [-0.05, 0) is 39.1 Å². The summed E-state index contributed by atoms with van der Waals surface area (Å²) in [5, 5.41) is 3.31. The van der Waals surface area contributed by atoms with Gasteiger partial charge in [-0.15, -0.1) is 11.3 Å². The first-order valence-electron chi connectivity index (χ1n) is 7.11. The molecule has 0 aliphatic rings. The van der Waals surface area contributed by atoms with E-state index in [2.05, 4.69) is 12.2 Å². The maximum absolute atomic E-state index is 12.7. The monoisotopic (exact) mass is 350 g/mol. The summed E-state index contributed by atoms with van der Waals surface area (Å²) in [6, 6.07) is 1.81. The number of nitrogens with zero attached hydrogens (tertiary/aromatic N) is 1. The molecule has 0 radical (unpaired) electrons. The lowest BCUT2D eigenvalue weighted by atomic mass is 10.4. The minimum atomic E-state index is -3.40. The van der Waals surface area contributed by atoms with Crippen LogP contribution in [0.5, 0.6) is 0 Å². The van der Waals surface area contributed by atoms with Crippen LogP contribution in [0.3, 0.4) is 0 Å². The Morgan fingerprint density at radius 2 is 2.14 bits per heavy atom. The zero-order valence-electron chi connectivity index (χ0n) is 13.5. The summed E-state index contributed by atoms with van der Waals surface area (Å²) < 4.78 is 26.9. The Labute approximate surface area is 137 Å². The topological polar surface area (TPSA) is 49.4 Å². The van der Waals surface area contributed by atoms with Gasteiger partial charge in [0.1, 0.15) is 0 Å². The molecule has 1 heterocycles. The highest BCUT2D eigenvalue weighted by Gasteiger charge is 2.28. The van der Waals surface area contributed by atoms with Crippen LogP contribution in [-0.2, 0) is 16.6 Å². The van der Waals surface area contributed by atoms with Gasteiger partial charge >= 0.3 is 0 Å². The summed E-state index contributed by atoms with van der Waals surface area (Å²) in [5.74, 6) is 0.795. The van der Waals surface area contributed by atoms with Gasteiger partial charge in [-0.1, -0.05) is 6.92 Å². The quantitative estimate of drug-likeness (QED) is 0.696.